The molecule has 0 unspecified atom stereocenters. The molecule has 1 aromatic heterocycles. The van der Waals surface area contributed by atoms with E-state index in [2.05, 4.69) is 5.10 Å². The Morgan fingerprint density at radius 1 is 1.35 bits per heavy atom. The molecule has 2 aromatic rings. The largest absolute Gasteiger partial charge is 0.396 e. The molecule has 0 bridgehead atoms. The molecular weight excluding hydrogens is 219 g/mol. The number of aromatic nitrogens is 2. The van der Waals surface area contributed by atoms with Crippen LogP contribution in [0.25, 0.3) is 11.3 Å². The summed E-state index contributed by atoms with van der Waals surface area (Å²) in [5.41, 5.74) is 8.36. The van der Waals surface area contributed by atoms with Crippen LogP contribution in [0, 0.1) is 5.82 Å². The molecule has 4 nitrogen and oxygen atoms in total. The third kappa shape index (κ3) is 1.95. The molecule has 0 spiro atoms. The van der Waals surface area contributed by atoms with Crippen molar-refractivity contribution in [1.82, 2.24) is 9.78 Å². The number of anilines is 2. The minimum absolute atomic E-state index is 0.270. The molecular formula is C12H15FN4. The lowest BCUT2D eigenvalue weighted by molar-refractivity contribution is 0.626. The lowest BCUT2D eigenvalue weighted by Gasteiger charge is -2.14. The van der Waals surface area contributed by atoms with Gasteiger partial charge in [-0.2, -0.15) is 5.10 Å². The van der Waals surface area contributed by atoms with Crippen LogP contribution in [0.2, 0.25) is 0 Å². The van der Waals surface area contributed by atoms with Gasteiger partial charge in [-0.25, -0.2) is 4.39 Å². The standard InChI is InChI=1S/C12H15FN4/c1-16(2)11-5-4-8(6-9(11)13)12-10(14)7-15-17(12)3/h4-7H,14H2,1-3H3. The fourth-order valence-electron chi connectivity index (χ4n) is 1.82. The fourth-order valence-corrected chi connectivity index (χ4v) is 1.82. The Balaban J connectivity index is 2.52. The van der Waals surface area contributed by atoms with Crippen LogP contribution in [0.15, 0.2) is 24.4 Å². The molecule has 2 rings (SSSR count). The summed E-state index contributed by atoms with van der Waals surface area (Å²) in [6, 6.07) is 5.05. The Morgan fingerprint density at radius 3 is 2.53 bits per heavy atom. The van der Waals surface area contributed by atoms with Crippen LogP contribution in [0.5, 0.6) is 0 Å². The van der Waals surface area contributed by atoms with Gasteiger partial charge in [0, 0.05) is 26.7 Å². The quantitative estimate of drug-likeness (QED) is 0.863. The molecule has 5 heteroatoms. The predicted molar refractivity (Wildman–Crippen MR) is 67.3 cm³/mol. The van der Waals surface area contributed by atoms with Crippen molar-refractivity contribution in [3.8, 4) is 11.3 Å². The zero-order chi connectivity index (χ0) is 12.6. The Bertz CT molecular complexity index is 526. The van der Waals surface area contributed by atoms with Gasteiger partial charge in [0.1, 0.15) is 5.82 Å². The van der Waals surface area contributed by atoms with Crippen molar-refractivity contribution in [2.45, 2.75) is 0 Å². The molecule has 2 N–H and O–H groups in total. The van der Waals surface area contributed by atoms with Crippen LogP contribution < -0.4 is 10.6 Å². The maximum absolute atomic E-state index is 13.8. The average Bonchev–Trinajstić information content (AvgIpc) is 2.58. The molecule has 0 aliphatic carbocycles. The number of nitrogens with two attached hydrogens (primary N) is 1. The number of nitrogen functional groups attached to an aromatic ring is 1. The van der Waals surface area contributed by atoms with Crippen LogP contribution in [-0.2, 0) is 7.05 Å². The van der Waals surface area contributed by atoms with E-state index in [1.54, 1.807) is 43.0 Å². The van der Waals surface area contributed by atoms with Crippen LogP contribution in [0.1, 0.15) is 0 Å². The summed E-state index contributed by atoms with van der Waals surface area (Å²) in [7, 11) is 5.39. The maximum atomic E-state index is 13.8. The summed E-state index contributed by atoms with van der Waals surface area (Å²) in [4.78, 5) is 1.73. The van der Waals surface area contributed by atoms with E-state index in [-0.39, 0.29) is 5.82 Å². The molecule has 17 heavy (non-hydrogen) atoms. The number of hydrogen-bond donors (Lipinski definition) is 1. The van der Waals surface area contributed by atoms with Gasteiger partial charge in [0.25, 0.3) is 0 Å². The molecule has 1 heterocycles. The van der Waals surface area contributed by atoms with E-state index in [1.165, 1.54) is 6.07 Å². The van der Waals surface area contributed by atoms with Crippen LogP contribution >= 0.6 is 0 Å². The van der Waals surface area contributed by atoms with Crippen molar-refractivity contribution in [3.63, 3.8) is 0 Å². The van der Waals surface area contributed by atoms with E-state index in [0.29, 0.717) is 11.4 Å². The number of halogens is 1. The van der Waals surface area contributed by atoms with Gasteiger partial charge in [0.2, 0.25) is 0 Å². The number of hydrogen-bond acceptors (Lipinski definition) is 3. The second kappa shape index (κ2) is 4.08. The van der Waals surface area contributed by atoms with E-state index < -0.39 is 0 Å². The van der Waals surface area contributed by atoms with Gasteiger partial charge in [0.15, 0.2) is 0 Å². The van der Waals surface area contributed by atoms with Crippen molar-refractivity contribution in [2.75, 3.05) is 24.7 Å². The lowest BCUT2D eigenvalue weighted by Crippen LogP contribution is -2.10. The number of rotatable bonds is 2. The van der Waals surface area contributed by atoms with Crippen molar-refractivity contribution in [1.29, 1.82) is 0 Å². The van der Waals surface area contributed by atoms with Gasteiger partial charge in [-0.1, -0.05) is 6.07 Å². The second-order valence-corrected chi connectivity index (χ2v) is 4.13. The lowest BCUT2D eigenvalue weighted by atomic mass is 10.1. The third-order valence-electron chi connectivity index (χ3n) is 2.67. The van der Waals surface area contributed by atoms with Crippen LogP contribution in [0.3, 0.4) is 0 Å². The predicted octanol–water partition coefficient (Wildman–Crippen LogP) is 1.87. The summed E-state index contributed by atoms with van der Waals surface area (Å²) in [5, 5.41) is 4.04. The third-order valence-corrected chi connectivity index (χ3v) is 2.67. The fraction of sp³-hybridized carbons (Fsp3) is 0.250. The highest BCUT2D eigenvalue weighted by atomic mass is 19.1. The smallest absolute Gasteiger partial charge is 0.147 e. The van der Waals surface area contributed by atoms with E-state index >= 15 is 0 Å². The zero-order valence-corrected chi connectivity index (χ0v) is 10.1. The number of aryl methyl sites for hydroxylation is 1. The molecule has 90 valence electrons. The van der Waals surface area contributed by atoms with Crippen molar-refractivity contribution in [3.05, 3.63) is 30.2 Å². The molecule has 0 saturated carbocycles. The van der Waals surface area contributed by atoms with Gasteiger partial charge in [-0.15, -0.1) is 0 Å². The molecule has 1 aromatic carbocycles. The van der Waals surface area contributed by atoms with E-state index in [9.17, 15) is 4.39 Å². The summed E-state index contributed by atoms with van der Waals surface area (Å²) in [6.07, 6.45) is 1.56. The Labute approximate surface area is 99.5 Å². The van der Waals surface area contributed by atoms with Gasteiger partial charge in [-0.3, -0.25) is 4.68 Å². The molecule has 0 amide bonds. The highest BCUT2D eigenvalue weighted by Crippen LogP contribution is 2.28. The topological polar surface area (TPSA) is 47.1 Å². The highest BCUT2D eigenvalue weighted by molar-refractivity contribution is 5.74. The molecule has 0 fully saturated rings. The van der Waals surface area contributed by atoms with Crippen LogP contribution in [0.4, 0.5) is 15.8 Å². The Hall–Kier alpha value is -2.04. The van der Waals surface area contributed by atoms with E-state index in [4.69, 9.17) is 5.73 Å². The Morgan fingerprint density at radius 2 is 2.06 bits per heavy atom. The molecule has 0 aliphatic heterocycles. The van der Waals surface area contributed by atoms with Gasteiger partial charge >= 0.3 is 0 Å². The average molecular weight is 234 g/mol. The summed E-state index contributed by atoms with van der Waals surface area (Å²) in [5.74, 6) is -0.270. The first-order valence-electron chi connectivity index (χ1n) is 5.25. The normalized spacial score (nSPS) is 10.6. The number of nitrogens with zero attached hydrogens (tertiary/aromatic N) is 3. The monoisotopic (exact) mass is 234 g/mol. The Kier molecular flexibility index (Phi) is 2.75. The minimum atomic E-state index is -0.270. The van der Waals surface area contributed by atoms with Gasteiger partial charge in [0.05, 0.1) is 23.3 Å². The van der Waals surface area contributed by atoms with Gasteiger partial charge in [-0.05, 0) is 12.1 Å². The van der Waals surface area contributed by atoms with Crippen molar-refractivity contribution in [2.24, 2.45) is 7.05 Å². The van der Waals surface area contributed by atoms with Crippen molar-refractivity contribution >= 4 is 11.4 Å². The maximum Gasteiger partial charge on any atom is 0.147 e. The first kappa shape index (κ1) is 11.4. The highest BCUT2D eigenvalue weighted by Gasteiger charge is 2.11. The molecule has 0 radical (unpaired) electrons. The molecule has 0 aliphatic rings. The second-order valence-electron chi connectivity index (χ2n) is 4.13. The van der Waals surface area contributed by atoms with Crippen LogP contribution in [-0.4, -0.2) is 23.9 Å². The summed E-state index contributed by atoms with van der Waals surface area (Å²) < 4.78 is 15.5. The van der Waals surface area contributed by atoms with Gasteiger partial charge < -0.3 is 10.6 Å². The SMILES string of the molecule is CN(C)c1ccc(-c2c(N)cnn2C)cc1F. The number of benzene rings is 1. The van der Waals surface area contributed by atoms with E-state index in [0.717, 1.165) is 11.3 Å². The van der Waals surface area contributed by atoms with Crippen molar-refractivity contribution < 1.29 is 4.39 Å². The summed E-state index contributed by atoms with van der Waals surface area (Å²) >= 11 is 0. The first-order chi connectivity index (χ1) is 8.00. The van der Waals surface area contributed by atoms with E-state index in [1.807, 2.05) is 6.07 Å². The molecule has 0 saturated heterocycles. The first-order valence-corrected chi connectivity index (χ1v) is 5.25. The zero-order valence-electron chi connectivity index (χ0n) is 10.1. The summed E-state index contributed by atoms with van der Waals surface area (Å²) in [6.45, 7) is 0. The molecule has 0 atom stereocenters. The minimum Gasteiger partial charge on any atom is -0.396 e.